The highest BCUT2D eigenvalue weighted by Crippen LogP contribution is 2.32. The molecule has 1 heterocycles. The molecule has 0 amide bonds. The molecule has 0 aliphatic carbocycles. The van der Waals surface area contributed by atoms with Crippen LogP contribution in [0, 0.1) is 0 Å². The number of benzene rings is 2. The van der Waals surface area contributed by atoms with Gasteiger partial charge in [-0.15, -0.1) is 0 Å². The largest absolute Gasteiger partial charge is 0.361 e. The van der Waals surface area contributed by atoms with Gasteiger partial charge in [0.05, 0.1) is 6.26 Å². The summed E-state index contributed by atoms with van der Waals surface area (Å²) in [5.74, 6) is 0. The van der Waals surface area contributed by atoms with Crippen LogP contribution < -0.4 is 4.72 Å². The van der Waals surface area contributed by atoms with E-state index in [0.29, 0.717) is 10.7 Å². The lowest BCUT2D eigenvalue weighted by molar-refractivity contribution is 0.607. The van der Waals surface area contributed by atoms with Gasteiger partial charge in [-0.2, -0.15) is 0 Å². The molecule has 6 heteroatoms. The summed E-state index contributed by atoms with van der Waals surface area (Å²) in [6.45, 7) is 0. The maximum Gasteiger partial charge on any atom is 0.229 e. The Hall–Kier alpha value is -1.98. The summed E-state index contributed by atoms with van der Waals surface area (Å²) in [4.78, 5) is 3.14. The number of hydrogen-bond acceptors (Lipinski definition) is 2. The normalized spacial score (nSPS) is 11.7. The molecule has 2 aromatic carbocycles. The molecule has 0 atom stereocenters. The summed E-state index contributed by atoms with van der Waals surface area (Å²) >= 11 is 6.14. The number of halogens is 1. The minimum Gasteiger partial charge on any atom is -0.361 e. The Morgan fingerprint density at radius 3 is 2.48 bits per heavy atom. The van der Waals surface area contributed by atoms with E-state index in [9.17, 15) is 8.42 Å². The molecule has 0 bridgehead atoms. The van der Waals surface area contributed by atoms with Crippen molar-refractivity contribution in [1.29, 1.82) is 0 Å². The molecule has 108 valence electrons. The van der Waals surface area contributed by atoms with Crippen molar-refractivity contribution in [3.8, 4) is 11.1 Å². The fraction of sp³-hybridized carbons (Fsp3) is 0.0667. The van der Waals surface area contributed by atoms with Crippen molar-refractivity contribution >= 4 is 38.2 Å². The fourth-order valence-corrected chi connectivity index (χ4v) is 3.08. The zero-order valence-corrected chi connectivity index (χ0v) is 12.8. The molecule has 1 aromatic heterocycles. The van der Waals surface area contributed by atoms with Gasteiger partial charge in [0.1, 0.15) is 0 Å². The average Bonchev–Trinajstić information content (AvgIpc) is 2.85. The molecule has 21 heavy (non-hydrogen) atoms. The standard InChI is InChI=1S/C15H13ClN2O2S/c1-21(19,20)18-12-4-2-10(3-5-12)14-8-11(16)9-15-13(14)6-7-17-15/h2-9,17-18H,1H3. The first-order valence-electron chi connectivity index (χ1n) is 6.27. The van der Waals surface area contributed by atoms with Gasteiger partial charge in [0, 0.05) is 27.8 Å². The van der Waals surface area contributed by atoms with Gasteiger partial charge in [0.15, 0.2) is 0 Å². The third-order valence-corrected chi connectivity index (χ3v) is 3.96. The van der Waals surface area contributed by atoms with E-state index < -0.39 is 10.0 Å². The van der Waals surface area contributed by atoms with Crippen molar-refractivity contribution in [3.05, 3.63) is 53.7 Å². The maximum atomic E-state index is 11.2. The van der Waals surface area contributed by atoms with Crippen LogP contribution in [0.5, 0.6) is 0 Å². The highest BCUT2D eigenvalue weighted by molar-refractivity contribution is 7.92. The number of aromatic nitrogens is 1. The molecule has 4 nitrogen and oxygen atoms in total. The Bertz CT molecular complexity index is 899. The first-order valence-corrected chi connectivity index (χ1v) is 8.54. The highest BCUT2D eigenvalue weighted by Gasteiger charge is 2.08. The SMILES string of the molecule is CS(=O)(=O)Nc1ccc(-c2cc(Cl)cc3[nH]ccc23)cc1. The molecule has 0 fully saturated rings. The van der Waals surface area contributed by atoms with E-state index in [-0.39, 0.29) is 0 Å². The minimum absolute atomic E-state index is 0.536. The maximum absolute atomic E-state index is 11.2. The first kappa shape index (κ1) is 14.0. The molecule has 0 aliphatic rings. The molecule has 2 N–H and O–H groups in total. The van der Waals surface area contributed by atoms with E-state index in [0.717, 1.165) is 28.3 Å². The summed E-state index contributed by atoms with van der Waals surface area (Å²) in [6, 6.07) is 13.0. The Balaban J connectivity index is 2.05. The summed E-state index contributed by atoms with van der Waals surface area (Å²) < 4.78 is 24.9. The van der Waals surface area contributed by atoms with Gasteiger partial charge in [0.2, 0.25) is 10.0 Å². The molecule has 0 radical (unpaired) electrons. The number of fused-ring (bicyclic) bond motifs is 1. The zero-order valence-electron chi connectivity index (χ0n) is 11.2. The van der Waals surface area contributed by atoms with Crippen LogP contribution >= 0.6 is 11.6 Å². The third kappa shape index (κ3) is 3.04. The molecular weight excluding hydrogens is 308 g/mol. The number of anilines is 1. The summed E-state index contributed by atoms with van der Waals surface area (Å²) in [6.07, 6.45) is 2.99. The van der Waals surface area contributed by atoms with E-state index in [4.69, 9.17) is 11.6 Å². The van der Waals surface area contributed by atoms with E-state index in [1.165, 1.54) is 0 Å². The van der Waals surface area contributed by atoms with E-state index in [2.05, 4.69) is 9.71 Å². The Labute approximate surface area is 127 Å². The summed E-state index contributed by atoms with van der Waals surface area (Å²) in [5.41, 5.74) is 3.48. The van der Waals surface area contributed by atoms with Crippen molar-refractivity contribution < 1.29 is 8.42 Å². The highest BCUT2D eigenvalue weighted by atomic mass is 35.5. The number of aromatic amines is 1. The van der Waals surface area contributed by atoms with Crippen molar-refractivity contribution in [2.45, 2.75) is 0 Å². The first-order chi connectivity index (χ1) is 9.92. The quantitative estimate of drug-likeness (QED) is 0.769. The topological polar surface area (TPSA) is 62.0 Å². The molecular formula is C15H13ClN2O2S. The van der Waals surface area contributed by atoms with Gasteiger partial charge in [-0.05, 0) is 41.5 Å². The number of hydrogen-bond donors (Lipinski definition) is 2. The monoisotopic (exact) mass is 320 g/mol. The second kappa shape index (κ2) is 5.09. The van der Waals surface area contributed by atoms with Crippen molar-refractivity contribution in [1.82, 2.24) is 4.98 Å². The lowest BCUT2D eigenvalue weighted by Gasteiger charge is -2.08. The van der Waals surface area contributed by atoms with Gasteiger partial charge in [-0.25, -0.2) is 8.42 Å². The van der Waals surface area contributed by atoms with Crippen LogP contribution in [-0.2, 0) is 10.0 Å². The number of nitrogens with one attached hydrogen (secondary N) is 2. The van der Waals surface area contributed by atoms with Crippen molar-refractivity contribution in [2.75, 3.05) is 11.0 Å². The number of H-pyrrole nitrogens is 1. The van der Waals surface area contributed by atoms with Crippen LogP contribution in [0.2, 0.25) is 5.02 Å². The third-order valence-electron chi connectivity index (χ3n) is 3.13. The molecule has 0 spiro atoms. The second-order valence-corrected chi connectivity index (χ2v) is 7.03. The van der Waals surface area contributed by atoms with Gasteiger partial charge in [-0.1, -0.05) is 23.7 Å². The lowest BCUT2D eigenvalue weighted by atomic mass is 10.0. The van der Waals surface area contributed by atoms with Crippen molar-refractivity contribution in [3.63, 3.8) is 0 Å². The van der Waals surface area contributed by atoms with E-state index in [1.54, 1.807) is 12.1 Å². The van der Waals surface area contributed by atoms with Crippen LogP contribution in [0.15, 0.2) is 48.7 Å². The van der Waals surface area contributed by atoms with Crippen LogP contribution in [-0.4, -0.2) is 19.7 Å². The van der Waals surface area contributed by atoms with Crippen molar-refractivity contribution in [2.24, 2.45) is 0 Å². The Kier molecular flexibility index (Phi) is 3.39. The minimum atomic E-state index is -3.26. The number of sulfonamides is 1. The van der Waals surface area contributed by atoms with Crippen LogP contribution in [0.25, 0.3) is 22.0 Å². The van der Waals surface area contributed by atoms with E-state index >= 15 is 0 Å². The predicted octanol–water partition coefficient (Wildman–Crippen LogP) is 3.86. The second-order valence-electron chi connectivity index (χ2n) is 4.84. The fourth-order valence-electron chi connectivity index (χ4n) is 2.30. The van der Waals surface area contributed by atoms with Crippen LogP contribution in [0.3, 0.4) is 0 Å². The molecule has 0 saturated heterocycles. The Morgan fingerprint density at radius 2 is 1.81 bits per heavy atom. The van der Waals surface area contributed by atoms with Crippen LogP contribution in [0.1, 0.15) is 0 Å². The van der Waals surface area contributed by atoms with Gasteiger partial charge in [-0.3, -0.25) is 4.72 Å². The van der Waals surface area contributed by atoms with Gasteiger partial charge >= 0.3 is 0 Å². The average molecular weight is 321 g/mol. The molecule has 0 aliphatic heterocycles. The van der Waals surface area contributed by atoms with Gasteiger partial charge in [0.25, 0.3) is 0 Å². The zero-order chi connectivity index (χ0) is 15.0. The molecule has 3 aromatic rings. The smallest absolute Gasteiger partial charge is 0.229 e. The predicted molar refractivity (Wildman–Crippen MR) is 87.2 cm³/mol. The lowest BCUT2D eigenvalue weighted by Crippen LogP contribution is -2.09. The number of rotatable bonds is 3. The van der Waals surface area contributed by atoms with E-state index in [1.807, 2.05) is 36.5 Å². The molecule has 0 unspecified atom stereocenters. The molecule has 3 rings (SSSR count). The summed E-state index contributed by atoms with van der Waals surface area (Å²) in [7, 11) is -3.26. The van der Waals surface area contributed by atoms with Crippen LogP contribution in [0.4, 0.5) is 5.69 Å². The molecule has 0 saturated carbocycles. The summed E-state index contributed by atoms with van der Waals surface area (Å²) in [5, 5.41) is 1.72. The van der Waals surface area contributed by atoms with Gasteiger partial charge < -0.3 is 4.98 Å². The Morgan fingerprint density at radius 1 is 1.10 bits per heavy atom.